The van der Waals surface area contributed by atoms with Gasteiger partial charge in [0.2, 0.25) is 6.23 Å². The first-order chi connectivity index (χ1) is 17.9. The predicted octanol–water partition coefficient (Wildman–Crippen LogP) is 2.19. The average molecular weight is 609 g/mol. The lowest BCUT2D eigenvalue weighted by molar-refractivity contribution is -0.210. The summed E-state index contributed by atoms with van der Waals surface area (Å²) in [5.41, 5.74) is -0.501. The molecule has 1 heterocycles. The van der Waals surface area contributed by atoms with E-state index in [0.29, 0.717) is 0 Å². The van der Waals surface area contributed by atoms with Crippen molar-refractivity contribution in [3.63, 3.8) is 0 Å². The summed E-state index contributed by atoms with van der Waals surface area (Å²) in [6.07, 6.45) is -11.3. The van der Waals surface area contributed by atoms with Gasteiger partial charge < -0.3 is 28.9 Å². The van der Waals surface area contributed by atoms with Gasteiger partial charge in [-0.3, -0.25) is 23.7 Å². The van der Waals surface area contributed by atoms with Crippen molar-refractivity contribution in [1.29, 1.82) is 0 Å². The molecule has 2 rings (SSSR count). The van der Waals surface area contributed by atoms with Gasteiger partial charge in [-0.05, 0) is 17.7 Å². The van der Waals surface area contributed by atoms with Crippen LogP contribution in [0.1, 0.15) is 29.8 Å². The Kier molecular flexibility index (Phi) is 11.0. The van der Waals surface area contributed by atoms with Crippen LogP contribution in [0.3, 0.4) is 0 Å². The number of alkyl carbamates (subject to hydrolysis) is 1. The van der Waals surface area contributed by atoms with E-state index in [-0.39, 0.29) is 5.56 Å². The standard InChI is InChI=1S/C19H24F3NO14P2/c1-10(2)14(24)9-32-16(25)13-5-11(6-33-18(27)23-17(26)19(20,21)22)3-4-15(13)37-39(31)34-7-12(8-35-39)36-38(28,29)30/h3-5,10,12,17,26H,6-9H2,1-2H3,(H,23,27)(H2,28,29,30). The molecule has 1 saturated heterocycles. The number of amides is 1. The molecule has 1 aromatic carbocycles. The molecule has 220 valence electrons. The lowest BCUT2D eigenvalue weighted by Gasteiger charge is -2.28. The van der Waals surface area contributed by atoms with Crippen LogP contribution >= 0.6 is 15.6 Å². The predicted molar refractivity (Wildman–Crippen MR) is 119 cm³/mol. The molecule has 0 aromatic heterocycles. The Morgan fingerprint density at radius 3 is 2.33 bits per heavy atom. The van der Waals surface area contributed by atoms with Gasteiger partial charge in [0.05, 0.1) is 13.2 Å². The van der Waals surface area contributed by atoms with Gasteiger partial charge >= 0.3 is 33.9 Å². The van der Waals surface area contributed by atoms with Crippen LogP contribution in [0.5, 0.6) is 5.75 Å². The average Bonchev–Trinajstić information content (AvgIpc) is 2.81. The number of phosphoric ester groups is 2. The van der Waals surface area contributed by atoms with E-state index in [0.717, 1.165) is 23.5 Å². The molecule has 0 bridgehead atoms. The van der Waals surface area contributed by atoms with Crippen LogP contribution < -0.4 is 9.84 Å². The summed E-state index contributed by atoms with van der Waals surface area (Å²) < 4.78 is 89.7. The van der Waals surface area contributed by atoms with Crippen molar-refractivity contribution in [2.24, 2.45) is 5.92 Å². The molecule has 4 N–H and O–H groups in total. The Hall–Kier alpha value is -2.56. The quantitative estimate of drug-likeness (QED) is 0.161. The number of hydrogen-bond acceptors (Lipinski definition) is 12. The maximum Gasteiger partial charge on any atom is 0.530 e. The van der Waals surface area contributed by atoms with Crippen LogP contribution in [-0.2, 0) is 43.6 Å². The second-order valence-corrected chi connectivity index (χ2v) is 10.8. The number of hydrogen-bond donors (Lipinski definition) is 4. The number of phosphoric acid groups is 2. The third-order valence-corrected chi connectivity index (χ3v) is 6.45. The zero-order valence-electron chi connectivity index (χ0n) is 20.2. The van der Waals surface area contributed by atoms with Crippen LogP contribution in [0.2, 0.25) is 0 Å². The number of ketones is 1. The lowest BCUT2D eigenvalue weighted by atomic mass is 10.1. The highest BCUT2D eigenvalue weighted by molar-refractivity contribution is 7.49. The summed E-state index contributed by atoms with van der Waals surface area (Å²) >= 11 is 0. The number of alkyl halides is 3. The molecule has 1 aromatic rings. The van der Waals surface area contributed by atoms with E-state index in [1.165, 1.54) is 0 Å². The van der Waals surface area contributed by atoms with Crippen LogP contribution in [0.15, 0.2) is 18.2 Å². The summed E-state index contributed by atoms with van der Waals surface area (Å²) in [6, 6.07) is 3.15. The Balaban J connectivity index is 2.19. The Labute approximate surface area is 218 Å². The smallest absolute Gasteiger partial charge is 0.454 e. The first-order valence-electron chi connectivity index (χ1n) is 10.7. The molecule has 1 unspecified atom stereocenters. The summed E-state index contributed by atoms with van der Waals surface area (Å²) in [7, 11) is -9.39. The van der Waals surface area contributed by atoms with Gasteiger partial charge in [0.15, 0.2) is 12.4 Å². The molecule has 15 nitrogen and oxygen atoms in total. The van der Waals surface area contributed by atoms with Crippen molar-refractivity contribution in [1.82, 2.24) is 5.32 Å². The number of rotatable bonds is 11. The van der Waals surface area contributed by atoms with Gasteiger partial charge in [-0.1, -0.05) is 19.9 Å². The largest absolute Gasteiger partial charge is 0.530 e. The normalized spacial score (nSPS) is 20.7. The van der Waals surface area contributed by atoms with Crippen LogP contribution in [0.4, 0.5) is 18.0 Å². The fraction of sp³-hybridized carbons (Fsp3) is 0.526. The van der Waals surface area contributed by atoms with E-state index in [4.69, 9.17) is 33.2 Å². The van der Waals surface area contributed by atoms with Crippen LogP contribution in [0.25, 0.3) is 0 Å². The number of aliphatic hydroxyl groups is 1. The van der Waals surface area contributed by atoms with Gasteiger partial charge in [0, 0.05) is 5.92 Å². The van der Waals surface area contributed by atoms with Gasteiger partial charge in [-0.15, -0.1) is 0 Å². The fourth-order valence-electron chi connectivity index (χ4n) is 2.53. The number of carbonyl (C=O) groups is 3. The van der Waals surface area contributed by atoms with Gasteiger partial charge in [0.1, 0.15) is 24.0 Å². The number of carbonyl (C=O) groups excluding carboxylic acids is 3. The summed E-state index contributed by atoms with van der Waals surface area (Å²) in [4.78, 5) is 53.8. The van der Waals surface area contributed by atoms with E-state index in [9.17, 15) is 36.7 Å². The molecule has 1 aliphatic heterocycles. The van der Waals surface area contributed by atoms with Crippen LogP contribution in [-0.4, -0.2) is 71.1 Å². The number of nitrogens with one attached hydrogen (secondary N) is 1. The Bertz CT molecular complexity index is 1140. The molecule has 0 saturated carbocycles. The minimum absolute atomic E-state index is 0.0139. The highest BCUT2D eigenvalue weighted by Gasteiger charge is 2.40. The second-order valence-electron chi connectivity index (χ2n) is 8.04. The van der Waals surface area contributed by atoms with E-state index < -0.39 is 95.7 Å². The van der Waals surface area contributed by atoms with E-state index in [1.54, 1.807) is 13.8 Å². The maximum absolute atomic E-state index is 12.8. The molecule has 20 heteroatoms. The third-order valence-electron chi connectivity index (χ3n) is 4.52. The zero-order chi connectivity index (χ0) is 29.6. The molecule has 1 fully saturated rings. The molecule has 39 heavy (non-hydrogen) atoms. The van der Waals surface area contributed by atoms with E-state index in [1.807, 2.05) is 0 Å². The number of Topliss-reactive ketones (excluding diaryl/α,β-unsaturated/α-hetero) is 1. The number of benzene rings is 1. The maximum atomic E-state index is 12.8. The molecular formula is C19H24F3NO14P2. The molecule has 0 aliphatic carbocycles. The molecule has 0 radical (unpaired) electrons. The first kappa shape index (κ1) is 32.7. The van der Waals surface area contributed by atoms with E-state index in [2.05, 4.69) is 9.26 Å². The van der Waals surface area contributed by atoms with Crippen molar-refractivity contribution in [2.45, 2.75) is 39.0 Å². The molecule has 1 aliphatic rings. The minimum atomic E-state index is -5.15. The topological polar surface area (TPSA) is 213 Å². The monoisotopic (exact) mass is 609 g/mol. The van der Waals surface area contributed by atoms with Gasteiger partial charge in [-0.2, -0.15) is 13.2 Å². The summed E-state index contributed by atoms with van der Waals surface area (Å²) in [5.74, 6) is -2.59. The first-order valence-corrected chi connectivity index (χ1v) is 13.7. The van der Waals surface area contributed by atoms with Crippen molar-refractivity contribution >= 4 is 33.5 Å². The van der Waals surface area contributed by atoms with Crippen molar-refractivity contribution in [2.75, 3.05) is 19.8 Å². The number of ether oxygens (including phenoxy) is 2. The third kappa shape index (κ3) is 10.8. The van der Waals surface area contributed by atoms with Gasteiger partial charge in [0.25, 0.3) is 0 Å². The number of esters is 1. The lowest BCUT2D eigenvalue weighted by Crippen LogP contribution is -2.45. The summed E-state index contributed by atoms with van der Waals surface area (Å²) in [6.45, 7) is 0.479. The Morgan fingerprint density at radius 2 is 1.79 bits per heavy atom. The molecule has 0 spiro atoms. The second kappa shape index (κ2) is 13.2. The highest BCUT2D eigenvalue weighted by Crippen LogP contribution is 2.53. The van der Waals surface area contributed by atoms with Crippen molar-refractivity contribution < 1.29 is 79.1 Å². The van der Waals surface area contributed by atoms with E-state index >= 15 is 0 Å². The molecule has 1 atom stereocenters. The van der Waals surface area contributed by atoms with Crippen LogP contribution in [0, 0.1) is 5.92 Å². The number of aliphatic hydroxyl groups excluding tert-OH is 1. The summed E-state index contributed by atoms with van der Waals surface area (Å²) in [5, 5.41) is 10.0. The van der Waals surface area contributed by atoms with Gasteiger partial charge in [-0.25, -0.2) is 18.7 Å². The minimum Gasteiger partial charge on any atom is -0.454 e. The molecule has 1 amide bonds. The Morgan fingerprint density at radius 1 is 1.18 bits per heavy atom. The number of halogens is 3. The highest BCUT2D eigenvalue weighted by atomic mass is 31.2. The van der Waals surface area contributed by atoms with Crippen molar-refractivity contribution in [3.8, 4) is 5.75 Å². The molecular weight excluding hydrogens is 585 g/mol. The SMILES string of the molecule is CC(C)C(=O)COC(=O)c1cc(COC(=O)NC(O)C(F)(F)F)ccc1OP1(=O)OCC(OP(=O)(O)O)CO1. The zero-order valence-corrected chi connectivity index (χ0v) is 21.9. The fourth-order valence-corrected chi connectivity index (χ4v) is 4.32. The van der Waals surface area contributed by atoms with Crippen molar-refractivity contribution in [3.05, 3.63) is 29.3 Å².